The first-order valence-electron chi connectivity index (χ1n) is 23.3. The van der Waals surface area contributed by atoms with Gasteiger partial charge in [-0.15, -0.1) is 0 Å². The predicted molar refractivity (Wildman–Crippen MR) is 229 cm³/mol. The van der Waals surface area contributed by atoms with Gasteiger partial charge in [-0.1, -0.05) is 64.5 Å². The van der Waals surface area contributed by atoms with Gasteiger partial charge in [0.25, 0.3) is 0 Å². The van der Waals surface area contributed by atoms with Gasteiger partial charge >= 0.3 is 5.97 Å². The summed E-state index contributed by atoms with van der Waals surface area (Å²) in [6.45, 7) is 15.7. The summed E-state index contributed by atoms with van der Waals surface area (Å²) in [6, 6.07) is 0. The monoisotopic (exact) mass is 891 g/mol. The third kappa shape index (κ3) is 9.98. The zero-order chi connectivity index (χ0) is 45.5. The quantitative estimate of drug-likeness (QED) is 0.196. The molecule has 5 fully saturated rings. The molecule has 2 bridgehead atoms. The molecule has 7 rings (SSSR count). The van der Waals surface area contributed by atoms with E-state index in [0.717, 1.165) is 12.0 Å². The molecule has 7 aliphatic rings. The first kappa shape index (κ1) is 48.8. The predicted octanol–water partition coefficient (Wildman–Crippen LogP) is 4.57. The molecule has 15 nitrogen and oxygen atoms in total. The molecule has 0 aromatic rings. The molecule has 5 saturated heterocycles. The molecule has 0 radical (unpaired) electrons. The van der Waals surface area contributed by atoms with Crippen LogP contribution >= 0.6 is 0 Å². The van der Waals surface area contributed by atoms with Crippen LogP contribution in [0, 0.1) is 23.7 Å². The van der Waals surface area contributed by atoms with E-state index in [-0.39, 0.29) is 43.3 Å². The molecule has 0 amide bonds. The second kappa shape index (κ2) is 20.0. The van der Waals surface area contributed by atoms with E-state index < -0.39 is 109 Å². The van der Waals surface area contributed by atoms with Crippen molar-refractivity contribution in [1.29, 1.82) is 0 Å². The van der Waals surface area contributed by atoms with Crippen LogP contribution in [0.4, 0.5) is 0 Å². The molecule has 6 heterocycles. The molecule has 5 unspecified atom stereocenters. The average molecular weight is 891 g/mol. The minimum Gasteiger partial charge on any atom is -0.462 e. The summed E-state index contributed by atoms with van der Waals surface area (Å²) >= 11 is 0. The zero-order valence-electron chi connectivity index (χ0n) is 38.8. The zero-order valence-corrected chi connectivity index (χ0v) is 38.8. The van der Waals surface area contributed by atoms with Crippen molar-refractivity contribution in [2.45, 2.75) is 204 Å². The fourth-order valence-corrected chi connectivity index (χ4v) is 11.0. The second-order valence-corrected chi connectivity index (χ2v) is 19.5. The van der Waals surface area contributed by atoms with E-state index in [4.69, 9.17) is 47.4 Å². The highest BCUT2D eigenvalue weighted by Gasteiger charge is 2.60. The van der Waals surface area contributed by atoms with E-state index in [1.165, 1.54) is 0 Å². The lowest BCUT2D eigenvalue weighted by Crippen LogP contribution is -2.60. The van der Waals surface area contributed by atoms with Crippen LogP contribution in [-0.2, 0) is 52.2 Å². The summed E-state index contributed by atoms with van der Waals surface area (Å²) in [5.74, 6) is -3.19. The van der Waals surface area contributed by atoms with E-state index in [0.29, 0.717) is 36.8 Å². The van der Waals surface area contributed by atoms with E-state index in [1.807, 2.05) is 39.8 Å². The van der Waals surface area contributed by atoms with Crippen molar-refractivity contribution in [1.82, 2.24) is 0 Å². The van der Waals surface area contributed by atoms with Crippen LogP contribution in [0.3, 0.4) is 0 Å². The van der Waals surface area contributed by atoms with Crippen molar-refractivity contribution in [3.05, 3.63) is 47.1 Å². The Kier molecular flexibility index (Phi) is 15.5. The molecule has 356 valence electrons. The number of ether oxygens (including phenoxy) is 10. The van der Waals surface area contributed by atoms with Crippen molar-refractivity contribution in [2.75, 3.05) is 20.8 Å². The Bertz CT molecular complexity index is 1710. The number of esters is 1. The number of hydrogen-bond donors (Lipinski definition) is 4. The first-order valence-corrected chi connectivity index (χ1v) is 23.3. The van der Waals surface area contributed by atoms with E-state index >= 15 is 0 Å². The highest BCUT2D eigenvalue weighted by Crippen LogP contribution is 2.48. The van der Waals surface area contributed by atoms with Gasteiger partial charge in [0.05, 0.1) is 55.4 Å². The van der Waals surface area contributed by atoms with E-state index in [9.17, 15) is 25.2 Å². The van der Waals surface area contributed by atoms with Crippen LogP contribution in [0.1, 0.15) is 100 Å². The van der Waals surface area contributed by atoms with Gasteiger partial charge in [0.15, 0.2) is 18.4 Å². The van der Waals surface area contributed by atoms with Crippen LogP contribution < -0.4 is 0 Å². The Labute approximate surface area is 373 Å². The highest BCUT2D eigenvalue weighted by atomic mass is 16.7. The second-order valence-electron chi connectivity index (χ2n) is 19.5. The van der Waals surface area contributed by atoms with Crippen LogP contribution in [0.2, 0.25) is 0 Å². The standard InChI is InChI=1S/C48H74O15/c1-11-24(2)43-28(6)35(49)22-47(63-43)21-33-18-32(62-47)16-15-26(4)42(25(3)13-12-14-31-23-56-45-40(50)27(5)17-34(46(52)59-33)48(31,45)53)60-39-20-37(55-10)44(30(8)58-39)61-38-19-36(54-9)41(51)29(7)57-38/h12-15,17,24-25,28-30,32-45,49-51,53H,11,16,18-23H2,1-10H3/b13-12+,26-15+,31-14+/t24?,25-,28-,29-,30-,32?,33?,34?,35-,36-,37-,38-,39-,40+,41-,42-,43+,44-,45?,47-,48+/m0/s1. The number of aliphatic hydroxyl groups excluding tert-OH is 3. The minimum atomic E-state index is -1.87. The van der Waals surface area contributed by atoms with Crippen molar-refractivity contribution in [2.24, 2.45) is 23.7 Å². The molecule has 1 aliphatic carbocycles. The fraction of sp³-hybridized carbons (Fsp3) is 0.812. The normalized spacial score (nSPS) is 50.0. The lowest BCUT2D eigenvalue weighted by Gasteiger charge is -2.52. The minimum absolute atomic E-state index is 0.0109. The van der Waals surface area contributed by atoms with Gasteiger partial charge in [-0.25, -0.2) is 0 Å². The molecule has 4 N–H and O–H groups in total. The largest absolute Gasteiger partial charge is 0.462 e. The number of hydrogen-bond acceptors (Lipinski definition) is 15. The lowest BCUT2D eigenvalue weighted by atomic mass is 9.71. The average Bonchev–Trinajstić information content (AvgIpc) is 3.59. The molecule has 0 saturated carbocycles. The maximum Gasteiger partial charge on any atom is 0.316 e. The van der Waals surface area contributed by atoms with Gasteiger partial charge in [-0.05, 0) is 56.8 Å². The smallest absolute Gasteiger partial charge is 0.316 e. The highest BCUT2D eigenvalue weighted by molar-refractivity contribution is 5.78. The van der Waals surface area contributed by atoms with Gasteiger partial charge in [0.2, 0.25) is 0 Å². The number of fused-ring (bicyclic) bond motifs is 2. The Balaban J connectivity index is 1.19. The van der Waals surface area contributed by atoms with Gasteiger partial charge < -0.3 is 67.8 Å². The molecule has 0 aromatic heterocycles. The third-order valence-electron chi connectivity index (χ3n) is 15.0. The van der Waals surface area contributed by atoms with Gasteiger partial charge in [0.1, 0.15) is 42.0 Å². The molecular weight excluding hydrogens is 817 g/mol. The number of carbonyl (C=O) groups excluding carboxylic acids is 1. The summed E-state index contributed by atoms with van der Waals surface area (Å²) in [7, 11) is 3.20. The van der Waals surface area contributed by atoms with Crippen molar-refractivity contribution in [3.8, 4) is 0 Å². The van der Waals surface area contributed by atoms with Gasteiger partial charge in [0, 0.05) is 58.2 Å². The Morgan fingerprint density at radius 1 is 0.889 bits per heavy atom. The van der Waals surface area contributed by atoms with E-state index in [2.05, 4.69) is 19.9 Å². The summed E-state index contributed by atoms with van der Waals surface area (Å²) in [4.78, 5) is 14.4. The van der Waals surface area contributed by atoms with Crippen molar-refractivity contribution < 1.29 is 72.6 Å². The summed E-state index contributed by atoms with van der Waals surface area (Å²) in [6.07, 6.45) is 3.00. The van der Waals surface area contributed by atoms with Crippen LogP contribution in [0.5, 0.6) is 0 Å². The van der Waals surface area contributed by atoms with Gasteiger partial charge in [-0.2, -0.15) is 0 Å². The molecule has 0 aromatic carbocycles. The number of aliphatic hydroxyl groups is 4. The Hall–Kier alpha value is -2.09. The SMILES string of the molecule is CCC(C)[C@H]1O[C@@]2(CC3CC(C/C=C(\C)[C@@H](O[C@H]4C[C@H](OC)[C@@H](O[C@H]5C[C@H](OC)[C@@H](O)[C@H](C)O5)[C@H](C)O4)[C@@H](C)/C=C/C=C4\COC5[C@H](O)C(C)=CC(C(=O)O3)[C@]45O)O2)C[C@H](O)[C@@H]1C. The van der Waals surface area contributed by atoms with Crippen LogP contribution in [-0.4, -0.2) is 151 Å². The number of rotatable bonds is 8. The van der Waals surface area contributed by atoms with E-state index in [1.54, 1.807) is 40.2 Å². The summed E-state index contributed by atoms with van der Waals surface area (Å²) in [5, 5.41) is 45.7. The van der Waals surface area contributed by atoms with Crippen molar-refractivity contribution >= 4 is 5.97 Å². The molecule has 21 atom stereocenters. The Morgan fingerprint density at radius 2 is 1.59 bits per heavy atom. The summed E-state index contributed by atoms with van der Waals surface area (Å²) < 4.78 is 63.6. The molecular formula is C48H74O15. The number of carbonyl (C=O) groups is 1. The lowest BCUT2D eigenvalue weighted by molar-refractivity contribution is -0.354. The maximum absolute atomic E-state index is 14.4. The van der Waals surface area contributed by atoms with Crippen molar-refractivity contribution in [3.63, 3.8) is 0 Å². The number of methoxy groups -OCH3 is 2. The molecule has 1 spiro atoms. The molecule has 6 aliphatic heterocycles. The van der Waals surface area contributed by atoms with Crippen LogP contribution in [0.25, 0.3) is 0 Å². The van der Waals surface area contributed by atoms with Gasteiger partial charge in [-0.3, -0.25) is 4.79 Å². The maximum atomic E-state index is 14.4. The molecule has 15 heteroatoms. The number of allylic oxidation sites excluding steroid dienone is 2. The summed E-state index contributed by atoms with van der Waals surface area (Å²) in [5.41, 5.74) is 0.0234. The molecule has 63 heavy (non-hydrogen) atoms. The fourth-order valence-electron chi connectivity index (χ4n) is 11.0. The van der Waals surface area contributed by atoms with Crippen LogP contribution in [0.15, 0.2) is 47.1 Å². The third-order valence-corrected chi connectivity index (χ3v) is 15.0. The first-order chi connectivity index (χ1) is 29.9. The Morgan fingerprint density at radius 3 is 2.30 bits per heavy atom. The topological polar surface area (TPSA) is 190 Å².